The van der Waals surface area contributed by atoms with Gasteiger partial charge in [-0.05, 0) is 39.3 Å². The minimum absolute atomic E-state index is 0.0510. The second kappa shape index (κ2) is 6.76. The first-order chi connectivity index (χ1) is 11.4. The first kappa shape index (κ1) is 17.3. The van der Waals surface area contributed by atoms with Gasteiger partial charge in [-0.1, -0.05) is 6.07 Å². The highest BCUT2D eigenvalue weighted by atomic mass is 19.1. The summed E-state index contributed by atoms with van der Waals surface area (Å²) in [5.74, 6) is -1.38. The Bertz CT molecular complexity index is 621. The molecule has 2 bridgehead atoms. The Morgan fingerprint density at radius 3 is 3.04 bits per heavy atom. The first-order valence-corrected chi connectivity index (χ1v) is 8.46. The molecule has 132 valence electrons. The lowest BCUT2D eigenvalue weighted by molar-refractivity contribution is -0.123. The summed E-state index contributed by atoms with van der Waals surface area (Å²) in [4.78, 5) is 14.6. The van der Waals surface area contributed by atoms with Crippen LogP contribution in [0.3, 0.4) is 0 Å². The van der Waals surface area contributed by atoms with Gasteiger partial charge in [0.2, 0.25) is 5.91 Å². The van der Waals surface area contributed by atoms with E-state index >= 15 is 0 Å². The molecular weight excluding hydrogens is 314 g/mol. The smallest absolute Gasteiger partial charge is 0.220 e. The van der Waals surface area contributed by atoms with E-state index in [0.29, 0.717) is 24.6 Å². The van der Waals surface area contributed by atoms with Gasteiger partial charge >= 0.3 is 0 Å². The quantitative estimate of drug-likeness (QED) is 0.898. The topological polar surface area (TPSA) is 41.6 Å². The van der Waals surface area contributed by atoms with E-state index in [1.54, 1.807) is 6.92 Å². The van der Waals surface area contributed by atoms with Crippen molar-refractivity contribution in [2.45, 2.75) is 50.2 Å². The highest BCUT2D eigenvalue weighted by Gasteiger charge is 2.47. The van der Waals surface area contributed by atoms with Crippen molar-refractivity contribution in [3.05, 3.63) is 35.4 Å². The molecule has 4 nitrogen and oxygen atoms in total. The molecular formula is C18H24F2N2O2. The summed E-state index contributed by atoms with van der Waals surface area (Å²) in [5, 5.41) is 2.81. The number of halogens is 2. The summed E-state index contributed by atoms with van der Waals surface area (Å²) in [7, 11) is 2.11. The summed E-state index contributed by atoms with van der Waals surface area (Å²) in [6.45, 7) is 3.13. The lowest BCUT2D eigenvalue weighted by Gasteiger charge is -2.42. The Hall–Kier alpha value is -1.53. The maximum absolute atomic E-state index is 13.8. The molecule has 2 aliphatic rings. The van der Waals surface area contributed by atoms with E-state index in [1.165, 1.54) is 12.1 Å². The van der Waals surface area contributed by atoms with Gasteiger partial charge in [0.05, 0.1) is 19.3 Å². The molecule has 1 amide bonds. The van der Waals surface area contributed by atoms with E-state index in [4.69, 9.17) is 4.74 Å². The average Bonchev–Trinajstić information content (AvgIpc) is 2.72. The van der Waals surface area contributed by atoms with Gasteiger partial charge in [-0.2, -0.15) is 0 Å². The molecule has 0 aromatic heterocycles. The third-order valence-corrected chi connectivity index (χ3v) is 5.54. The second-order valence-electron chi connectivity index (χ2n) is 7.00. The largest absolute Gasteiger partial charge is 0.378 e. The van der Waals surface area contributed by atoms with Crippen LogP contribution in [0.15, 0.2) is 18.2 Å². The van der Waals surface area contributed by atoms with Crippen molar-refractivity contribution in [3.8, 4) is 0 Å². The molecule has 24 heavy (non-hydrogen) atoms. The monoisotopic (exact) mass is 338 g/mol. The molecule has 2 heterocycles. The number of amides is 1. The van der Waals surface area contributed by atoms with E-state index in [9.17, 15) is 13.6 Å². The summed E-state index contributed by atoms with van der Waals surface area (Å²) >= 11 is 0. The summed E-state index contributed by atoms with van der Waals surface area (Å²) < 4.78 is 32.4. The number of morpholine rings is 1. The molecule has 3 unspecified atom stereocenters. The van der Waals surface area contributed by atoms with Crippen molar-refractivity contribution in [2.75, 3.05) is 20.3 Å². The number of rotatable bonds is 5. The number of fused-ring (bicyclic) bond motifs is 2. The van der Waals surface area contributed by atoms with Gasteiger partial charge in [-0.25, -0.2) is 8.78 Å². The number of ether oxygens (including phenoxy) is 1. The summed E-state index contributed by atoms with van der Waals surface area (Å²) in [6, 6.07) is 3.37. The standard InChI is InChI=1S/C18H24F2N2O2/c1-12(15-4-3-13(19)9-16(15)20)21-17(23)6-8-18-7-5-14(22(18)2)10-24-11-18/h3-4,9,12,14H,5-8,10-11H2,1-2H3,(H,21,23). The predicted molar refractivity (Wildman–Crippen MR) is 86.5 cm³/mol. The van der Waals surface area contributed by atoms with Crippen LogP contribution < -0.4 is 5.32 Å². The molecule has 2 aliphatic heterocycles. The Kier molecular flexibility index (Phi) is 4.88. The molecule has 3 rings (SSSR count). The number of hydrogen-bond acceptors (Lipinski definition) is 3. The molecule has 1 aromatic rings. The maximum Gasteiger partial charge on any atom is 0.220 e. The molecule has 0 radical (unpaired) electrons. The van der Waals surface area contributed by atoms with E-state index < -0.39 is 17.7 Å². The molecule has 1 aromatic carbocycles. The van der Waals surface area contributed by atoms with Crippen molar-refractivity contribution in [3.63, 3.8) is 0 Å². The van der Waals surface area contributed by atoms with Gasteiger partial charge in [-0.15, -0.1) is 0 Å². The van der Waals surface area contributed by atoms with Crippen LogP contribution in [0.5, 0.6) is 0 Å². The number of likely N-dealkylation sites (N-methyl/N-ethyl adjacent to an activating group) is 1. The minimum atomic E-state index is -0.638. The number of nitrogens with zero attached hydrogens (tertiary/aromatic N) is 1. The zero-order valence-corrected chi connectivity index (χ0v) is 14.1. The third-order valence-electron chi connectivity index (χ3n) is 5.54. The summed E-state index contributed by atoms with van der Waals surface area (Å²) in [6.07, 6.45) is 3.25. The molecule has 2 saturated heterocycles. The van der Waals surface area contributed by atoms with E-state index in [1.807, 2.05) is 0 Å². The number of carbonyl (C=O) groups excluding carboxylic acids is 1. The Balaban J connectivity index is 1.56. The number of benzene rings is 1. The summed E-state index contributed by atoms with van der Waals surface area (Å²) in [5.41, 5.74) is 0.243. The number of carbonyl (C=O) groups is 1. The molecule has 1 N–H and O–H groups in total. The van der Waals surface area contributed by atoms with Gasteiger partial charge in [0, 0.05) is 29.6 Å². The fourth-order valence-corrected chi connectivity index (χ4v) is 3.91. The predicted octanol–water partition coefficient (Wildman–Crippen LogP) is 2.79. The Morgan fingerprint density at radius 1 is 1.50 bits per heavy atom. The molecule has 0 spiro atoms. The normalized spacial score (nSPS) is 27.9. The van der Waals surface area contributed by atoms with Crippen molar-refractivity contribution in [1.29, 1.82) is 0 Å². The molecule has 0 saturated carbocycles. The average molecular weight is 338 g/mol. The van der Waals surface area contributed by atoms with Gasteiger partial charge in [-0.3, -0.25) is 9.69 Å². The molecule has 2 fully saturated rings. The lowest BCUT2D eigenvalue weighted by atomic mass is 9.91. The lowest BCUT2D eigenvalue weighted by Crippen LogP contribution is -2.53. The molecule has 0 aliphatic carbocycles. The second-order valence-corrected chi connectivity index (χ2v) is 7.00. The van der Waals surface area contributed by atoms with Gasteiger partial charge in [0.25, 0.3) is 0 Å². The van der Waals surface area contributed by atoms with Crippen LogP contribution in [0.2, 0.25) is 0 Å². The number of nitrogens with one attached hydrogen (secondary N) is 1. The van der Waals surface area contributed by atoms with E-state index in [0.717, 1.165) is 31.9 Å². The van der Waals surface area contributed by atoms with E-state index in [-0.39, 0.29) is 11.4 Å². The zero-order valence-electron chi connectivity index (χ0n) is 14.1. The molecule has 3 atom stereocenters. The van der Waals surface area contributed by atoms with Crippen molar-refractivity contribution in [1.82, 2.24) is 10.2 Å². The fourth-order valence-electron chi connectivity index (χ4n) is 3.91. The van der Waals surface area contributed by atoms with Gasteiger partial charge < -0.3 is 10.1 Å². The van der Waals surface area contributed by atoms with Crippen molar-refractivity contribution in [2.24, 2.45) is 0 Å². The van der Waals surface area contributed by atoms with Crippen LogP contribution in [0.1, 0.15) is 44.2 Å². The van der Waals surface area contributed by atoms with Crippen molar-refractivity contribution >= 4 is 5.91 Å². The van der Waals surface area contributed by atoms with Gasteiger partial charge in [0.1, 0.15) is 11.6 Å². The minimum Gasteiger partial charge on any atom is -0.378 e. The van der Waals surface area contributed by atoms with Crippen LogP contribution in [-0.4, -0.2) is 42.6 Å². The zero-order chi connectivity index (χ0) is 17.3. The number of hydrogen-bond donors (Lipinski definition) is 1. The van der Waals surface area contributed by atoms with Crippen LogP contribution in [0.25, 0.3) is 0 Å². The van der Waals surface area contributed by atoms with Crippen molar-refractivity contribution < 1.29 is 18.3 Å². The van der Waals surface area contributed by atoms with Crippen LogP contribution in [-0.2, 0) is 9.53 Å². The highest BCUT2D eigenvalue weighted by Crippen LogP contribution is 2.39. The van der Waals surface area contributed by atoms with Crippen LogP contribution >= 0.6 is 0 Å². The Morgan fingerprint density at radius 2 is 2.29 bits per heavy atom. The third kappa shape index (κ3) is 3.30. The first-order valence-electron chi connectivity index (χ1n) is 8.46. The van der Waals surface area contributed by atoms with Crippen LogP contribution in [0, 0.1) is 11.6 Å². The van der Waals surface area contributed by atoms with Gasteiger partial charge in [0.15, 0.2) is 0 Å². The van der Waals surface area contributed by atoms with E-state index in [2.05, 4.69) is 17.3 Å². The maximum atomic E-state index is 13.8. The fraction of sp³-hybridized carbons (Fsp3) is 0.611. The Labute approximate surface area is 141 Å². The molecule has 6 heteroatoms. The SMILES string of the molecule is CC(NC(=O)CCC12CCC(COC1)N2C)c1ccc(F)cc1F. The highest BCUT2D eigenvalue weighted by molar-refractivity contribution is 5.76. The van der Waals surface area contributed by atoms with Crippen LogP contribution in [0.4, 0.5) is 8.78 Å².